The number of halogens is 2. The highest BCUT2D eigenvalue weighted by atomic mass is 35.5. The first-order valence-corrected chi connectivity index (χ1v) is 5.48. The number of fused-ring (bicyclic) bond motifs is 1. The quantitative estimate of drug-likeness (QED) is 0.808. The molecule has 3 heteroatoms. The maximum absolute atomic E-state index is 5.96. The Bertz CT molecular complexity index is 351. The molecule has 0 saturated heterocycles. The van der Waals surface area contributed by atoms with Gasteiger partial charge in [-0.15, -0.1) is 12.4 Å². The van der Waals surface area contributed by atoms with Crippen LogP contribution < -0.4 is 5.73 Å². The van der Waals surface area contributed by atoms with Crippen molar-refractivity contribution in [2.75, 3.05) is 6.54 Å². The van der Waals surface area contributed by atoms with Gasteiger partial charge in [-0.05, 0) is 54.5 Å². The third-order valence-electron chi connectivity index (χ3n) is 3.28. The standard InChI is InChI=1S/C12H16ClN.ClH/c1-12(8-14)5-4-9-6-11(13)3-2-10(9)7-12;/h2-3,6H,4-5,7-8,14H2,1H3;1H. The first-order chi connectivity index (χ1) is 6.63. The van der Waals surface area contributed by atoms with Crippen molar-refractivity contribution in [1.82, 2.24) is 0 Å². The van der Waals surface area contributed by atoms with Crippen LogP contribution in [0.2, 0.25) is 5.02 Å². The van der Waals surface area contributed by atoms with Crippen molar-refractivity contribution >= 4 is 24.0 Å². The summed E-state index contributed by atoms with van der Waals surface area (Å²) in [6.07, 6.45) is 3.39. The molecule has 1 aliphatic rings. The SMILES string of the molecule is CC1(CN)CCc2cc(Cl)ccc2C1.Cl. The van der Waals surface area contributed by atoms with Crippen molar-refractivity contribution in [3.05, 3.63) is 34.3 Å². The van der Waals surface area contributed by atoms with Crippen molar-refractivity contribution < 1.29 is 0 Å². The van der Waals surface area contributed by atoms with Gasteiger partial charge in [0.2, 0.25) is 0 Å². The Labute approximate surface area is 102 Å². The second-order valence-electron chi connectivity index (χ2n) is 4.60. The van der Waals surface area contributed by atoms with E-state index in [1.807, 2.05) is 6.07 Å². The average molecular weight is 246 g/mol. The minimum Gasteiger partial charge on any atom is -0.330 e. The van der Waals surface area contributed by atoms with Gasteiger partial charge in [-0.2, -0.15) is 0 Å². The number of benzene rings is 1. The number of nitrogens with two attached hydrogens (primary N) is 1. The van der Waals surface area contributed by atoms with Gasteiger partial charge in [0.05, 0.1) is 0 Å². The van der Waals surface area contributed by atoms with Gasteiger partial charge in [-0.3, -0.25) is 0 Å². The molecule has 0 spiro atoms. The van der Waals surface area contributed by atoms with E-state index < -0.39 is 0 Å². The minimum absolute atomic E-state index is 0. The highest BCUT2D eigenvalue weighted by Crippen LogP contribution is 2.35. The Morgan fingerprint density at radius 3 is 2.80 bits per heavy atom. The highest BCUT2D eigenvalue weighted by molar-refractivity contribution is 6.30. The lowest BCUT2D eigenvalue weighted by atomic mass is 9.73. The Morgan fingerprint density at radius 1 is 1.40 bits per heavy atom. The Hall–Kier alpha value is -0.240. The van der Waals surface area contributed by atoms with E-state index in [4.69, 9.17) is 17.3 Å². The van der Waals surface area contributed by atoms with Gasteiger partial charge in [0.15, 0.2) is 0 Å². The van der Waals surface area contributed by atoms with Crippen molar-refractivity contribution in [2.45, 2.75) is 26.2 Å². The number of aryl methyl sites for hydroxylation is 1. The van der Waals surface area contributed by atoms with Crippen LogP contribution in [0.25, 0.3) is 0 Å². The zero-order valence-corrected chi connectivity index (χ0v) is 10.5. The monoisotopic (exact) mass is 245 g/mol. The first-order valence-electron chi connectivity index (χ1n) is 5.10. The van der Waals surface area contributed by atoms with Crippen LogP contribution in [-0.2, 0) is 12.8 Å². The molecular formula is C12H17Cl2N. The minimum atomic E-state index is 0. The van der Waals surface area contributed by atoms with Gasteiger partial charge in [0, 0.05) is 5.02 Å². The second-order valence-corrected chi connectivity index (χ2v) is 5.04. The maximum atomic E-state index is 5.96. The number of rotatable bonds is 1. The molecule has 1 aliphatic carbocycles. The Balaban J connectivity index is 0.00000112. The zero-order chi connectivity index (χ0) is 10.2. The average Bonchev–Trinajstić information content (AvgIpc) is 2.19. The summed E-state index contributed by atoms with van der Waals surface area (Å²) in [6.45, 7) is 3.04. The molecule has 84 valence electrons. The van der Waals surface area contributed by atoms with E-state index in [0.29, 0.717) is 5.41 Å². The number of hydrogen-bond acceptors (Lipinski definition) is 1. The molecule has 0 heterocycles. The van der Waals surface area contributed by atoms with Crippen LogP contribution in [0.5, 0.6) is 0 Å². The van der Waals surface area contributed by atoms with Gasteiger partial charge < -0.3 is 5.73 Å². The van der Waals surface area contributed by atoms with Crippen molar-refractivity contribution in [3.8, 4) is 0 Å². The summed E-state index contributed by atoms with van der Waals surface area (Å²) in [4.78, 5) is 0. The molecular weight excluding hydrogens is 229 g/mol. The van der Waals surface area contributed by atoms with Gasteiger partial charge in [-0.25, -0.2) is 0 Å². The van der Waals surface area contributed by atoms with Gasteiger partial charge in [0.1, 0.15) is 0 Å². The molecule has 0 bridgehead atoms. The topological polar surface area (TPSA) is 26.0 Å². The molecule has 2 N–H and O–H groups in total. The molecule has 0 amide bonds. The summed E-state index contributed by atoms with van der Waals surface area (Å²) in [5.41, 5.74) is 8.92. The highest BCUT2D eigenvalue weighted by Gasteiger charge is 2.28. The molecule has 1 nitrogen and oxygen atoms in total. The molecule has 15 heavy (non-hydrogen) atoms. The number of hydrogen-bond donors (Lipinski definition) is 1. The Morgan fingerprint density at radius 2 is 2.13 bits per heavy atom. The third-order valence-corrected chi connectivity index (χ3v) is 3.51. The van der Waals surface area contributed by atoms with Crippen molar-refractivity contribution in [1.29, 1.82) is 0 Å². The summed E-state index contributed by atoms with van der Waals surface area (Å²) < 4.78 is 0. The van der Waals surface area contributed by atoms with Crippen molar-refractivity contribution in [3.63, 3.8) is 0 Å². The lowest BCUT2D eigenvalue weighted by Crippen LogP contribution is -2.33. The van der Waals surface area contributed by atoms with Crippen LogP contribution in [0, 0.1) is 5.41 Å². The predicted molar refractivity (Wildman–Crippen MR) is 67.9 cm³/mol. The summed E-state index contributed by atoms with van der Waals surface area (Å²) in [7, 11) is 0. The lowest BCUT2D eigenvalue weighted by Gasteiger charge is -2.33. The van der Waals surface area contributed by atoms with Gasteiger partial charge in [0.25, 0.3) is 0 Å². The van der Waals surface area contributed by atoms with E-state index in [-0.39, 0.29) is 12.4 Å². The summed E-state index contributed by atoms with van der Waals surface area (Å²) in [5, 5.41) is 0.847. The molecule has 1 unspecified atom stereocenters. The van der Waals surface area contributed by atoms with Crippen molar-refractivity contribution in [2.24, 2.45) is 11.1 Å². The molecule has 0 saturated carbocycles. The zero-order valence-electron chi connectivity index (χ0n) is 8.92. The largest absolute Gasteiger partial charge is 0.330 e. The molecule has 1 aromatic rings. The van der Waals surface area contributed by atoms with Gasteiger partial charge in [-0.1, -0.05) is 24.6 Å². The van der Waals surface area contributed by atoms with Crippen LogP contribution in [0.15, 0.2) is 18.2 Å². The molecule has 1 atom stereocenters. The Kier molecular flexibility index (Phi) is 4.05. The van der Waals surface area contributed by atoms with Crippen LogP contribution in [0.4, 0.5) is 0 Å². The van der Waals surface area contributed by atoms with Crippen LogP contribution in [0.3, 0.4) is 0 Å². The fraction of sp³-hybridized carbons (Fsp3) is 0.500. The van der Waals surface area contributed by atoms with Gasteiger partial charge >= 0.3 is 0 Å². The molecule has 0 fully saturated rings. The predicted octanol–water partition coefficient (Wildman–Crippen LogP) is 3.22. The third kappa shape index (κ3) is 2.66. The molecule has 2 rings (SSSR count). The summed E-state index contributed by atoms with van der Waals surface area (Å²) >= 11 is 5.96. The fourth-order valence-electron chi connectivity index (χ4n) is 2.16. The molecule has 1 aromatic carbocycles. The van der Waals surface area contributed by atoms with E-state index >= 15 is 0 Å². The summed E-state index contributed by atoms with van der Waals surface area (Å²) in [5.74, 6) is 0. The molecule has 0 radical (unpaired) electrons. The fourth-order valence-corrected chi connectivity index (χ4v) is 2.35. The van der Waals surface area contributed by atoms with E-state index in [1.165, 1.54) is 17.5 Å². The van der Waals surface area contributed by atoms with E-state index in [1.54, 1.807) is 0 Å². The van der Waals surface area contributed by atoms with E-state index in [9.17, 15) is 0 Å². The second kappa shape index (κ2) is 4.73. The van der Waals surface area contributed by atoms with Crippen LogP contribution >= 0.6 is 24.0 Å². The van der Waals surface area contributed by atoms with E-state index in [0.717, 1.165) is 24.4 Å². The molecule has 0 aromatic heterocycles. The maximum Gasteiger partial charge on any atom is 0.0408 e. The van der Waals surface area contributed by atoms with E-state index in [2.05, 4.69) is 19.1 Å². The van der Waals surface area contributed by atoms with Crippen LogP contribution in [-0.4, -0.2) is 6.54 Å². The first kappa shape index (κ1) is 12.8. The normalized spacial score (nSPS) is 24.2. The summed E-state index contributed by atoms with van der Waals surface area (Å²) in [6, 6.07) is 6.21. The molecule has 0 aliphatic heterocycles. The smallest absolute Gasteiger partial charge is 0.0408 e. The van der Waals surface area contributed by atoms with Crippen LogP contribution in [0.1, 0.15) is 24.5 Å². The lowest BCUT2D eigenvalue weighted by molar-refractivity contribution is 0.290.